The van der Waals surface area contributed by atoms with E-state index < -0.39 is 4.92 Å². The molecule has 5 nitrogen and oxygen atoms in total. The van der Waals surface area contributed by atoms with Crippen molar-refractivity contribution in [2.75, 3.05) is 6.61 Å². The van der Waals surface area contributed by atoms with E-state index >= 15 is 0 Å². The van der Waals surface area contributed by atoms with E-state index in [1.807, 2.05) is 24.3 Å². The smallest absolute Gasteiger partial charge is 0.287 e. The average molecular weight is 272 g/mol. The molecule has 0 saturated carbocycles. The zero-order valence-corrected chi connectivity index (χ0v) is 11.3. The Morgan fingerprint density at radius 2 is 2.05 bits per heavy atom. The number of rotatable bonds is 6. The molecule has 0 bridgehead atoms. The summed E-state index contributed by atoms with van der Waals surface area (Å²) in [5.41, 5.74) is 1.50. The lowest BCUT2D eigenvalue weighted by Crippen LogP contribution is -1.98. The van der Waals surface area contributed by atoms with Gasteiger partial charge in [-0.25, -0.2) is 4.98 Å². The number of hydrogen-bond acceptors (Lipinski definition) is 4. The predicted octanol–water partition coefficient (Wildman–Crippen LogP) is 3.84. The molecule has 0 spiro atoms. The topological polar surface area (TPSA) is 65.3 Å². The molecule has 1 heterocycles. The van der Waals surface area contributed by atoms with Crippen LogP contribution in [-0.2, 0) is 0 Å². The molecule has 2 aromatic rings. The Hall–Kier alpha value is -2.43. The van der Waals surface area contributed by atoms with E-state index in [2.05, 4.69) is 11.9 Å². The van der Waals surface area contributed by atoms with Gasteiger partial charge in [0.2, 0.25) is 0 Å². The molecule has 0 aliphatic carbocycles. The van der Waals surface area contributed by atoms with E-state index in [1.165, 1.54) is 12.3 Å². The van der Waals surface area contributed by atoms with Gasteiger partial charge in [-0.05, 0) is 24.6 Å². The Kier molecular flexibility index (Phi) is 4.65. The minimum Gasteiger partial charge on any atom is -0.493 e. The van der Waals surface area contributed by atoms with E-state index in [0.717, 1.165) is 24.2 Å². The van der Waals surface area contributed by atoms with Gasteiger partial charge in [0.25, 0.3) is 5.69 Å². The fourth-order valence-corrected chi connectivity index (χ4v) is 1.78. The number of pyridine rings is 1. The van der Waals surface area contributed by atoms with Crippen LogP contribution in [0.3, 0.4) is 0 Å². The molecule has 0 atom stereocenters. The summed E-state index contributed by atoms with van der Waals surface area (Å²) in [6, 6.07) is 10.7. The van der Waals surface area contributed by atoms with Gasteiger partial charge in [0.05, 0.1) is 17.2 Å². The summed E-state index contributed by atoms with van der Waals surface area (Å²) in [7, 11) is 0. The fourth-order valence-electron chi connectivity index (χ4n) is 1.78. The summed E-state index contributed by atoms with van der Waals surface area (Å²) in [6.07, 6.45) is 3.32. The zero-order valence-electron chi connectivity index (χ0n) is 11.3. The number of aromatic nitrogens is 1. The molecular formula is C15H16N2O3. The molecule has 0 fully saturated rings. The molecule has 20 heavy (non-hydrogen) atoms. The Morgan fingerprint density at radius 1 is 1.25 bits per heavy atom. The molecule has 0 aliphatic heterocycles. The van der Waals surface area contributed by atoms with Gasteiger partial charge in [-0.3, -0.25) is 10.1 Å². The first-order valence-electron chi connectivity index (χ1n) is 6.55. The van der Waals surface area contributed by atoms with E-state index in [-0.39, 0.29) is 5.69 Å². The SMILES string of the molecule is CCCCOc1ccccc1-c1ccc([N+](=O)[O-])cn1. The highest BCUT2D eigenvalue weighted by Crippen LogP contribution is 2.29. The number of hydrogen-bond donors (Lipinski definition) is 0. The lowest BCUT2D eigenvalue weighted by Gasteiger charge is -2.10. The van der Waals surface area contributed by atoms with Crippen LogP contribution in [0.25, 0.3) is 11.3 Å². The monoisotopic (exact) mass is 272 g/mol. The van der Waals surface area contributed by atoms with Gasteiger partial charge in [0.1, 0.15) is 11.9 Å². The van der Waals surface area contributed by atoms with Crippen LogP contribution in [0.1, 0.15) is 19.8 Å². The quantitative estimate of drug-likeness (QED) is 0.455. The van der Waals surface area contributed by atoms with Crippen LogP contribution in [0.15, 0.2) is 42.6 Å². The van der Waals surface area contributed by atoms with Crippen LogP contribution in [0.5, 0.6) is 5.75 Å². The van der Waals surface area contributed by atoms with Crippen LogP contribution in [-0.4, -0.2) is 16.5 Å². The number of unbranched alkanes of at least 4 members (excludes halogenated alkanes) is 1. The van der Waals surface area contributed by atoms with Gasteiger partial charge in [-0.15, -0.1) is 0 Å². The first kappa shape index (κ1) is 14.0. The molecular weight excluding hydrogens is 256 g/mol. The number of nitro groups is 1. The first-order valence-corrected chi connectivity index (χ1v) is 6.55. The van der Waals surface area contributed by atoms with Crippen molar-refractivity contribution >= 4 is 5.69 Å². The van der Waals surface area contributed by atoms with Crippen molar-refractivity contribution in [1.29, 1.82) is 0 Å². The molecule has 0 aliphatic rings. The van der Waals surface area contributed by atoms with Crippen LogP contribution >= 0.6 is 0 Å². The maximum absolute atomic E-state index is 10.6. The van der Waals surface area contributed by atoms with Crippen LogP contribution < -0.4 is 4.74 Å². The van der Waals surface area contributed by atoms with Gasteiger partial charge in [-0.2, -0.15) is 0 Å². The Labute approximate surface area is 117 Å². The van der Waals surface area contributed by atoms with Gasteiger partial charge >= 0.3 is 0 Å². The minimum absolute atomic E-state index is 0.0156. The molecule has 104 valence electrons. The normalized spacial score (nSPS) is 10.2. The largest absolute Gasteiger partial charge is 0.493 e. The lowest BCUT2D eigenvalue weighted by atomic mass is 10.1. The summed E-state index contributed by atoms with van der Waals surface area (Å²) in [4.78, 5) is 14.3. The molecule has 0 unspecified atom stereocenters. The van der Waals surface area contributed by atoms with Crippen molar-refractivity contribution in [3.05, 3.63) is 52.7 Å². The maximum Gasteiger partial charge on any atom is 0.287 e. The highest BCUT2D eigenvalue weighted by atomic mass is 16.6. The predicted molar refractivity (Wildman–Crippen MR) is 76.7 cm³/mol. The van der Waals surface area contributed by atoms with Gasteiger partial charge < -0.3 is 4.74 Å². The van der Waals surface area contributed by atoms with Crippen LogP contribution in [0.2, 0.25) is 0 Å². The minimum atomic E-state index is -0.458. The fraction of sp³-hybridized carbons (Fsp3) is 0.267. The number of benzene rings is 1. The highest BCUT2D eigenvalue weighted by molar-refractivity contribution is 5.67. The Morgan fingerprint density at radius 3 is 2.70 bits per heavy atom. The first-order chi connectivity index (χ1) is 9.72. The molecule has 1 aromatic carbocycles. The van der Waals surface area contributed by atoms with Crippen molar-refractivity contribution in [3.63, 3.8) is 0 Å². The van der Waals surface area contributed by atoms with Crippen LogP contribution in [0, 0.1) is 10.1 Å². The van der Waals surface area contributed by atoms with Crippen molar-refractivity contribution < 1.29 is 9.66 Å². The molecule has 5 heteroatoms. The standard InChI is InChI=1S/C15H16N2O3/c1-2-3-10-20-15-7-5-4-6-13(15)14-9-8-12(11-16-14)17(18)19/h4-9,11H,2-3,10H2,1H3. The summed E-state index contributed by atoms with van der Waals surface area (Å²) in [6.45, 7) is 2.76. The van der Waals surface area contributed by atoms with Crippen molar-refractivity contribution in [2.24, 2.45) is 0 Å². The summed E-state index contributed by atoms with van der Waals surface area (Å²) >= 11 is 0. The third kappa shape index (κ3) is 3.32. The maximum atomic E-state index is 10.6. The number of ether oxygens (including phenoxy) is 1. The van der Waals surface area contributed by atoms with E-state index in [0.29, 0.717) is 12.3 Å². The van der Waals surface area contributed by atoms with Crippen molar-refractivity contribution in [1.82, 2.24) is 4.98 Å². The van der Waals surface area contributed by atoms with Gasteiger partial charge in [0.15, 0.2) is 0 Å². The number of para-hydroxylation sites is 1. The third-order valence-electron chi connectivity index (χ3n) is 2.88. The second-order valence-corrected chi connectivity index (χ2v) is 4.36. The molecule has 0 amide bonds. The van der Waals surface area contributed by atoms with E-state index in [9.17, 15) is 10.1 Å². The van der Waals surface area contributed by atoms with Crippen molar-refractivity contribution in [2.45, 2.75) is 19.8 Å². The molecule has 2 rings (SSSR count). The lowest BCUT2D eigenvalue weighted by molar-refractivity contribution is -0.385. The van der Waals surface area contributed by atoms with E-state index in [4.69, 9.17) is 4.74 Å². The summed E-state index contributed by atoms with van der Waals surface area (Å²) in [5.74, 6) is 0.752. The average Bonchev–Trinajstić information content (AvgIpc) is 2.48. The Balaban J connectivity index is 2.25. The summed E-state index contributed by atoms with van der Waals surface area (Å²) in [5, 5.41) is 10.6. The molecule has 1 aromatic heterocycles. The summed E-state index contributed by atoms with van der Waals surface area (Å²) < 4.78 is 5.74. The van der Waals surface area contributed by atoms with Gasteiger partial charge in [0, 0.05) is 11.6 Å². The molecule has 0 N–H and O–H groups in total. The van der Waals surface area contributed by atoms with Crippen molar-refractivity contribution in [3.8, 4) is 17.0 Å². The number of nitrogens with zero attached hydrogens (tertiary/aromatic N) is 2. The van der Waals surface area contributed by atoms with E-state index in [1.54, 1.807) is 6.07 Å². The third-order valence-corrected chi connectivity index (χ3v) is 2.88. The second kappa shape index (κ2) is 6.65. The highest BCUT2D eigenvalue weighted by Gasteiger charge is 2.10. The second-order valence-electron chi connectivity index (χ2n) is 4.36. The molecule has 0 saturated heterocycles. The zero-order chi connectivity index (χ0) is 14.4. The van der Waals surface area contributed by atoms with Gasteiger partial charge in [-0.1, -0.05) is 25.5 Å². The molecule has 0 radical (unpaired) electrons. The van der Waals surface area contributed by atoms with Crippen LogP contribution in [0.4, 0.5) is 5.69 Å². The Bertz CT molecular complexity index is 582.